The highest BCUT2D eigenvalue weighted by Gasteiger charge is 2.30. The minimum absolute atomic E-state index is 0.0132. The molecule has 0 amide bonds. The Labute approximate surface area is 100.0 Å². The smallest absolute Gasteiger partial charge is 0.188 e. The number of aliphatic hydroxyl groups is 2. The van der Waals surface area contributed by atoms with E-state index in [2.05, 4.69) is 0 Å². The summed E-state index contributed by atoms with van der Waals surface area (Å²) >= 11 is 0. The molecule has 0 aliphatic heterocycles. The van der Waals surface area contributed by atoms with Crippen LogP contribution >= 0.6 is 0 Å². The van der Waals surface area contributed by atoms with Crippen LogP contribution in [0, 0.1) is 0 Å². The molecule has 0 bridgehead atoms. The molecular weight excluding hydrogens is 220 g/mol. The number of allylic oxidation sites excluding steroid dienone is 4. The van der Waals surface area contributed by atoms with E-state index in [1.54, 1.807) is 19.1 Å². The van der Waals surface area contributed by atoms with E-state index in [-0.39, 0.29) is 22.7 Å². The van der Waals surface area contributed by atoms with Crippen LogP contribution in [0.15, 0.2) is 34.4 Å². The molecule has 0 fully saturated rings. The van der Waals surface area contributed by atoms with Gasteiger partial charge in [0.1, 0.15) is 0 Å². The van der Waals surface area contributed by atoms with Gasteiger partial charge >= 0.3 is 0 Å². The highest BCUT2D eigenvalue weighted by Crippen LogP contribution is 2.26. The van der Waals surface area contributed by atoms with Gasteiger partial charge in [0, 0.05) is 22.3 Å². The van der Waals surface area contributed by atoms with Crippen LogP contribution in [-0.2, 0) is 9.59 Å². The average Bonchev–Trinajstić information content (AvgIpc) is 2.33. The van der Waals surface area contributed by atoms with E-state index in [0.717, 1.165) is 0 Å². The zero-order valence-corrected chi connectivity index (χ0v) is 9.99. The number of rotatable bonds is 4. The molecule has 0 heterocycles. The van der Waals surface area contributed by atoms with Gasteiger partial charge in [0.05, 0.1) is 13.2 Å². The Morgan fingerprint density at radius 3 is 2.00 bits per heavy atom. The van der Waals surface area contributed by atoms with Crippen molar-refractivity contribution in [3.05, 3.63) is 34.4 Å². The molecule has 0 radical (unpaired) electrons. The lowest BCUT2D eigenvalue weighted by Crippen LogP contribution is -2.26. The Morgan fingerprint density at radius 2 is 1.53 bits per heavy atom. The Morgan fingerprint density at radius 1 is 1.00 bits per heavy atom. The predicted molar refractivity (Wildman–Crippen MR) is 63.3 cm³/mol. The molecule has 0 aromatic carbocycles. The molecule has 4 heteroatoms. The molecule has 1 aliphatic carbocycles. The second-order valence-corrected chi connectivity index (χ2v) is 3.81. The molecule has 92 valence electrons. The molecule has 1 aliphatic rings. The fraction of sp³-hybridized carbons (Fsp3) is 0.385. The van der Waals surface area contributed by atoms with E-state index in [0.29, 0.717) is 17.6 Å². The summed E-state index contributed by atoms with van der Waals surface area (Å²) in [5, 5.41) is 18.2. The molecule has 17 heavy (non-hydrogen) atoms. The maximum atomic E-state index is 12.0. The van der Waals surface area contributed by atoms with E-state index in [4.69, 9.17) is 10.2 Å². The summed E-state index contributed by atoms with van der Waals surface area (Å²) in [6, 6.07) is 0. The summed E-state index contributed by atoms with van der Waals surface area (Å²) in [5.41, 5.74) is 0.783. The average molecular weight is 236 g/mol. The van der Waals surface area contributed by atoms with Crippen LogP contribution in [-0.4, -0.2) is 35.0 Å². The van der Waals surface area contributed by atoms with E-state index < -0.39 is 13.2 Å². The van der Waals surface area contributed by atoms with Gasteiger partial charge in [0.2, 0.25) is 0 Å². The van der Waals surface area contributed by atoms with Crippen LogP contribution in [0.1, 0.15) is 20.3 Å². The maximum absolute atomic E-state index is 12.0. The second-order valence-electron chi connectivity index (χ2n) is 3.81. The monoisotopic (exact) mass is 236 g/mol. The van der Waals surface area contributed by atoms with Crippen LogP contribution in [0.4, 0.5) is 0 Å². The Balaban J connectivity index is 3.23. The third kappa shape index (κ3) is 2.43. The maximum Gasteiger partial charge on any atom is 0.188 e. The second kappa shape index (κ2) is 5.70. The predicted octanol–water partition coefficient (Wildman–Crippen LogP) is 0.702. The van der Waals surface area contributed by atoms with Crippen molar-refractivity contribution >= 4 is 11.6 Å². The minimum atomic E-state index is -0.521. The normalized spacial score (nSPS) is 17.6. The topological polar surface area (TPSA) is 74.6 Å². The number of carbonyl (C=O) groups is 2. The summed E-state index contributed by atoms with van der Waals surface area (Å²) in [7, 11) is 0. The SMILES string of the molecule is C/C=C\CC1=C(C)C(=O)C(CO)=C(CO)C1=O. The molecule has 1 rings (SSSR count). The third-order valence-corrected chi connectivity index (χ3v) is 2.85. The molecule has 0 saturated heterocycles. The summed E-state index contributed by atoms with van der Waals surface area (Å²) in [5.74, 6) is -0.692. The number of carbonyl (C=O) groups excluding carboxylic acids is 2. The first-order valence-corrected chi connectivity index (χ1v) is 5.42. The lowest BCUT2D eigenvalue weighted by Gasteiger charge is -2.19. The fourth-order valence-corrected chi connectivity index (χ4v) is 1.81. The Hall–Kier alpha value is -1.52. The van der Waals surface area contributed by atoms with Gasteiger partial charge in [-0.05, 0) is 20.3 Å². The van der Waals surface area contributed by atoms with Gasteiger partial charge < -0.3 is 10.2 Å². The first-order chi connectivity index (χ1) is 8.08. The highest BCUT2D eigenvalue weighted by molar-refractivity contribution is 6.25. The molecule has 2 N–H and O–H groups in total. The summed E-state index contributed by atoms with van der Waals surface area (Å²) in [6.07, 6.45) is 3.94. The lowest BCUT2D eigenvalue weighted by atomic mass is 9.83. The molecule has 0 aromatic heterocycles. The number of hydrogen-bond donors (Lipinski definition) is 2. The van der Waals surface area contributed by atoms with E-state index in [1.165, 1.54) is 0 Å². The molecule has 4 nitrogen and oxygen atoms in total. The van der Waals surface area contributed by atoms with Crippen molar-refractivity contribution in [1.82, 2.24) is 0 Å². The largest absolute Gasteiger partial charge is 0.392 e. The van der Waals surface area contributed by atoms with Crippen molar-refractivity contribution in [3.8, 4) is 0 Å². The van der Waals surface area contributed by atoms with Crippen LogP contribution < -0.4 is 0 Å². The zero-order chi connectivity index (χ0) is 13.0. The third-order valence-electron chi connectivity index (χ3n) is 2.85. The van der Waals surface area contributed by atoms with Crippen LogP contribution in [0.5, 0.6) is 0 Å². The fourth-order valence-electron chi connectivity index (χ4n) is 1.81. The van der Waals surface area contributed by atoms with Crippen molar-refractivity contribution < 1.29 is 19.8 Å². The van der Waals surface area contributed by atoms with Gasteiger partial charge in [0.15, 0.2) is 11.6 Å². The molecule has 0 spiro atoms. The van der Waals surface area contributed by atoms with Gasteiger partial charge in [-0.25, -0.2) is 0 Å². The quantitative estimate of drug-likeness (QED) is 0.556. The van der Waals surface area contributed by atoms with Crippen molar-refractivity contribution in [1.29, 1.82) is 0 Å². The van der Waals surface area contributed by atoms with Crippen LogP contribution in [0.2, 0.25) is 0 Å². The molecule has 0 saturated carbocycles. The first-order valence-electron chi connectivity index (χ1n) is 5.42. The minimum Gasteiger partial charge on any atom is -0.392 e. The molecule has 0 atom stereocenters. The van der Waals surface area contributed by atoms with E-state index in [1.807, 2.05) is 6.92 Å². The summed E-state index contributed by atoms with van der Waals surface area (Å²) in [6.45, 7) is 2.36. The highest BCUT2D eigenvalue weighted by atomic mass is 16.3. The van der Waals surface area contributed by atoms with Gasteiger partial charge in [-0.1, -0.05) is 12.2 Å². The first kappa shape index (κ1) is 13.5. The molecular formula is C13H16O4. The summed E-state index contributed by atoms with van der Waals surface area (Å²) in [4.78, 5) is 23.9. The Kier molecular flexibility index (Phi) is 4.54. The number of aliphatic hydroxyl groups excluding tert-OH is 2. The van der Waals surface area contributed by atoms with E-state index in [9.17, 15) is 9.59 Å². The van der Waals surface area contributed by atoms with Crippen molar-refractivity contribution in [2.75, 3.05) is 13.2 Å². The summed E-state index contributed by atoms with van der Waals surface area (Å²) < 4.78 is 0. The van der Waals surface area contributed by atoms with Crippen molar-refractivity contribution in [2.24, 2.45) is 0 Å². The number of Topliss-reactive ketones (excluding diaryl/α,β-unsaturated/α-hetero) is 2. The molecule has 0 aromatic rings. The lowest BCUT2D eigenvalue weighted by molar-refractivity contribution is -0.117. The zero-order valence-electron chi connectivity index (χ0n) is 9.99. The van der Waals surface area contributed by atoms with Crippen molar-refractivity contribution in [2.45, 2.75) is 20.3 Å². The Bertz CT molecular complexity index is 438. The number of ketones is 2. The van der Waals surface area contributed by atoms with E-state index >= 15 is 0 Å². The van der Waals surface area contributed by atoms with Crippen LogP contribution in [0.3, 0.4) is 0 Å². The number of hydrogen-bond acceptors (Lipinski definition) is 4. The van der Waals surface area contributed by atoms with Gasteiger partial charge in [0.25, 0.3) is 0 Å². The van der Waals surface area contributed by atoms with Gasteiger partial charge in [-0.2, -0.15) is 0 Å². The van der Waals surface area contributed by atoms with Gasteiger partial charge in [-0.15, -0.1) is 0 Å². The van der Waals surface area contributed by atoms with Gasteiger partial charge in [-0.3, -0.25) is 9.59 Å². The van der Waals surface area contributed by atoms with Crippen molar-refractivity contribution in [3.63, 3.8) is 0 Å². The standard InChI is InChI=1S/C13H16O4/c1-3-4-5-9-8(2)12(16)10(6-14)11(7-15)13(9)17/h3-4,14-15H,5-7H2,1-2H3/b4-3-. The van der Waals surface area contributed by atoms with Crippen LogP contribution in [0.25, 0.3) is 0 Å². The molecule has 0 unspecified atom stereocenters.